The summed E-state index contributed by atoms with van der Waals surface area (Å²) in [6.07, 6.45) is 7.70. The van der Waals surface area contributed by atoms with Crippen LogP contribution in [0.5, 0.6) is 11.5 Å². The SMILES string of the molecule is COc1ccc(CN2CCn3cc(-c4ccncc4OC[C@H]4CCCO4)c(-c4ccc(Cl)s4)c3C2=O)cc1. The number of benzene rings is 1. The fraction of sp³-hybridized carbons (Fsp3) is 0.310. The molecule has 1 fully saturated rings. The number of pyridine rings is 1. The summed E-state index contributed by atoms with van der Waals surface area (Å²) in [4.78, 5) is 21.1. The number of methoxy groups -OCH3 is 1. The van der Waals surface area contributed by atoms with Crippen LogP contribution < -0.4 is 9.47 Å². The number of aromatic nitrogens is 2. The maximum atomic E-state index is 14.0. The van der Waals surface area contributed by atoms with Gasteiger partial charge in [0.15, 0.2) is 0 Å². The van der Waals surface area contributed by atoms with E-state index in [-0.39, 0.29) is 12.0 Å². The molecule has 7 nitrogen and oxygen atoms in total. The van der Waals surface area contributed by atoms with Gasteiger partial charge in [0.25, 0.3) is 5.91 Å². The second-order valence-electron chi connectivity index (χ2n) is 9.46. The van der Waals surface area contributed by atoms with E-state index in [1.807, 2.05) is 47.4 Å². The monoisotopic (exact) mass is 549 g/mol. The molecule has 1 amide bonds. The molecule has 1 saturated heterocycles. The van der Waals surface area contributed by atoms with E-state index < -0.39 is 0 Å². The van der Waals surface area contributed by atoms with Gasteiger partial charge in [-0.15, -0.1) is 11.3 Å². The molecule has 0 N–H and O–H groups in total. The van der Waals surface area contributed by atoms with Crippen LogP contribution in [-0.2, 0) is 17.8 Å². The molecule has 38 heavy (non-hydrogen) atoms. The third-order valence-electron chi connectivity index (χ3n) is 7.05. The van der Waals surface area contributed by atoms with Gasteiger partial charge in [0.1, 0.15) is 23.8 Å². The van der Waals surface area contributed by atoms with Crippen LogP contribution in [0.2, 0.25) is 4.34 Å². The average molecular weight is 550 g/mol. The molecule has 2 aliphatic heterocycles. The van der Waals surface area contributed by atoms with Crippen molar-refractivity contribution in [1.29, 1.82) is 0 Å². The Morgan fingerprint density at radius 2 is 2.00 bits per heavy atom. The van der Waals surface area contributed by atoms with Crippen molar-refractivity contribution in [2.75, 3.05) is 26.9 Å². The Labute approximate surface area is 230 Å². The van der Waals surface area contributed by atoms with Crippen molar-refractivity contribution < 1.29 is 19.0 Å². The van der Waals surface area contributed by atoms with Crippen LogP contribution in [0.1, 0.15) is 28.9 Å². The highest BCUT2D eigenvalue weighted by Crippen LogP contribution is 2.44. The number of hydrogen-bond acceptors (Lipinski definition) is 6. The summed E-state index contributed by atoms with van der Waals surface area (Å²) >= 11 is 7.84. The predicted molar refractivity (Wildman–Crippen MR) is 148 cm³/mol. The molecule has 0 aliphatic carbocycles. The van der Waals surface area contributed by atoms with Gasteiger partial charge in [-0.2, -0.15) is 0 Å². The van der Waals surface area contributed by atoms with Crippen LogP contribution in [-0.4, -0.2) is 53.3 Å². The number of hydrogen-bond donors (Lipinski definition) is 0. The van der Waals surface area contributed by atoms with E-state index >= 15 is 0 Å². The third-order valence-corrected chi connectivity index (χ3v) is 8.30. The topological polar surface area (TPSA) is 65.8 Å². The number of nitrogens with zero attached hydrogens (tertiary/aromatic N) is 3. The minimum Gasteiger partial charge on any atom is -0.497 e. The first kappa shape index (κ1) is 25.0. The Bertz CT molecular complexity index is 1440. The molecule has 0 spiro atoms. The highest BCUT2D eigenvalue weighted by molar-refractivity contribution is 7.19. The Hall–Kier alpha value is -3.33. The van der Waals surface area contributed by atoms with Gasteiger partial charge in [-0.1, -0.05) is 23.7 Å². The van der Waals surface area contributed by atoms with Crippen LogP contribution in [0.15, 0.2) is 61.1 Å². The van der Waals surface area contributed by atoms with E-state index in [2.05, 4.69) is 15.7 Å². The summed E-state index contributed by atoms with van der Waals surface area (Å²) in [5, 5.41) is 0. The van der Waals surface area contributed by atoms with Crippen molar-refractivity contribution in [2.45, 2.75) is 32.0 Å². The summed E-state index contributed by atoms with van der Waals surface area (Å²) in [7, 11) is 1.65. The van der Waals surface area contributed by atoms with Crippen LogP contribution in [0, 0.1) is 0 Å². The number of halogens is 1. The number of carbonyl (C=O) groups excluding carboxylic acids is 1. The summed E-state index contributed by atoms with van der Waals surface area (Å²) < 4.78 is 20.0. The van der Waals surface area contributed by atoms with E-state index in [9.17, 15) is 4.79 Å². The van der Waals surface area contributed by atoms with Crippen LogP contribution in [0.4, 0.5) is 0 Å². The molecule has 0 radical (unpaired) electrons. The van der Waals surface area contributed by atoms with Crippen molar-refractivity contribution in [2.24, 2.45) is 0 Å². The Balaban J connectivity index is 1.37. The van der Waals surface area contributed by atoms with E-state index in [0.717, 1.165) is 52.3 Å². The molecular formula is C29H28ClN3O4S. The summed E-state index contributed by atoms with van der Waals surface area (Å²) in [6, 6.07) is 13.6. The van der Waals surface area contributed by atoms with Crippen molar-refractivity contribution in [3.63, 3.8) is 0 Å². The second-order valence-corrected chi connectivity index (χ2v) is 11.2. The van der Waals surface area contributed by atoms with Crippen LogP contribution >= 0.6 is 22.9 Å². The first-order chi connectivity index (χ1) is 18.6. The largest absolute Gasteiger partial charge is 0.497 e. The smallest absolute Gasteiger partial charge is 0.271 e. The molecule has 9 heteroatoms. The molecule has 0 unspecified atom stereocenters. The second kappa shape index (κ2) is 10.8. The number of amides is 1. The van der Waals surface area contributed by atoms with Gasteiger partial charge in [-0.05, 0) is 48.7 Å². The van der Waals surface area contributed by atoms with Gasteiger partial charge in [0.2, 0.25) is 0 Å². The van der Waals surface area contributed by atoms with Gasteiger partial charge in [-0.25, -0.2) is 0 Å². The molecule has 5 heterocycles. The van der Waals surface area contributed by atoms with Gasteiger partial charge in [0, 0.05) is 60.2 Å². The molecule has 3 aromatic heterocycles. The quantitative estimate of drug-likeness (QED) is 0.263. The fourth-order valence-electron chi connectivity index (χ4n) is 5.12. The lowest BCUT2D eigenvalue weighted by molar-refractivity contribution is 0.0680. The summed E-state index contributed by atoms with van der Waals surface area (Å²) in [5.41, 5.74) is 4.43. The third kappa shape index (κ3) is 4.91. The summed E-state index contributed by atoms with van der Waals surface area (Å²) in [5.74, 6) is 1.47. The zero-order valence-corrected chi connectivity index (χ0v) is 22.6. The number of carbonyl (C=O) groups is 1. The van der Waals surface area contributed by atoms with E-state index in [0.29, 0.717) is 42.0 Å². The molecule has 2 aliphatic rings. The van der Waals surface area contributed by atoms with Gasteiger partial charge >= 0.3 is 0 Å². The first-order valence-electron chi connectivity index (χ1n) is 12.7. The Morgan fingerprint density at radius 3 is 2.74 bits per heavy atom. The van der Waals surface area contributed by atoms with Gasteiger partial charge in [-0.3, -0.25) is 9.78 Å². The Kier molecular flexibility index (Phi) is 7.10. The van der Waals surface area contributed by atoms with Gasteiger partial charge in [0.05, 0.1) is 23.7 Å². The van der Waals surface area contributed by atoms with E-state index in [4.69, 9.17) is 25.8 Å². The minimum atomic E-state index is -0.00581. The molecule has 0 bridgehead atoms. The van der Waals surface area contributed by atoms with Gasteiger partial charge < -0.3 is 23.7 Å². The molecule has 1 atom stereocenters. The van der Waals surface area contributed by atoms with Crippen molar-refractivity contribution in [1.82, 2.24) is 14.5 Å². The molecule has 196 valence electrons. The van der Waals surface area contributed by atoms with Crippen LogP contribution in [0.25, 0.3) is 21.6 Å². The maximum Gasteiger partial charge on any atom is 0.271 e. The molecule has 1 aromatic carbocycles. The van der Waals surface area contributed by atoms with E-state index in [1.165, 1.54) is 11.3 Å². The predicted octanol–water partition coefficient (Wildman–Crippen LogP) is 6.15. The molecule has 6 rings (SSSR count). The zero-order chi connectivity index (χ0) is 26.1. The highest BCUT2D eigenvalue weighted by Gasteiger charge is 2.32. The zero-order valence-electron chi connectivity index (χ0n) is 21.1. The minimum absolute atomic E-state index is 0.00581. The number of ether oxygens (including phenoxy) is 3. The highest BCUT2D eigenvalue weighted by atomic mass is 35.5. The van der Waals surface area contributed by atoms with Crippen LogP contribution in [0.3, 0.4) is 0 Å². The standard InChI is InChI=1S/C29H28ClN3O4S/c1-35-20-6-4-19(5-7-20)16-33-13-12-32-17-23(27(28(32)29(33)34)25-8-9-26(30)38-25)22-10-11-31-15-24(22)37-18-21-3-2-14-36-21/h4-11,15,17,21H,2-3,12-14,16,18H2,1H3/t21-/m1/s1. The average Bonchev–Trinajstić information content (AvgIpc) is 3.70. The maximum absolute atomic E-state index is 14.0. The van der Waals surface area contributed by atoms with Crippen molar-refractivity contribution in [3.8, 4) is 33.1 Å². The van der Waals surface area contributed by atoms with E-state index in [1.54, 1.807) is 19.5 Å². The molecular weight excluding hydrogens is 522 g/mol. The lowest BCUT2D eigenvalue weighted by Crippen LogP contribution is -2.39. The normalized spacial score (nSPS) is 17.1. The summed E-state index contributed by atoms with van der Waals surface area (Å²) in [6.45, 7) is 3.09. The molecule has 0 saturated carbocycles. The number of rotatable bonds is 8. The lowest BCUT2D eigenvalue weighted by Gasteiger charge is -2.29. The molecule has 4 aromatic rings. The lowest BCUT2D eigenvalue weighted by atomic mass is 10.0. The first-order valence-corrected chi connectivity index (χ1v) is 13.9. The fourth-order valence-corrected chi connectivity index (χ4v) is 6.23. The number of fused-ring (bicyclic) bond motifs is 1. The number of thiophene rings is 1. The van der Waals surface area contributed by atoms with Crippen molar-refractivity contribution in [3.05, 3.63) is 76.6 Å². The Morgan fingerprint density at radius 1 is 1.13 bits per heavy atom. The van der Waals surface area contributed by atoms with Crippen molar-refractivity contribution >= 4 is 28.8 Å².